The lowest BCUT2D eigenvalue weighted by Gasteiger charge is -2.29. The number of fused-ring (bicyclic) bond motifs is 3. The molecule has 0 unspecified atom stereocenters. The van der Waals surface area contributed by atoms with Crippen LogP contribution in [0.4, 0.5) is 0 Å². The number of likely N-dealkylation sites (tertiary alicyclic amines) is 1. The molecule has 1 aliphatic heterocycles. The zero-order chi connectivity index (χ0) is 25.9. The van der Waals surface area contributed by atoms with Crippen molar-refractivity contribution in [3.8, 4) is 11.1 Å². The monoisotopic (exact) mass is 516 g/mol. The Kier molecular flexibility index (Phi) is 5.84. The first-order valence-electron chi connectivity index (χ1n) is 13.0. The lowest BCUT2D eigenvalue weighted by molar-refractivity contribution is 0.0916. The predicted octanol–water partition coefficient (Wildman–Crippen LogP) is 4.76. The maximum Gasteiger partial charge on any atom is 0.251 e. The van der Waals surface area contributed by atoms with Gasteiger partial charge in [-0.25, -0.2) is 13.4 Å². The van der Waals surface area contributed by atoms with Crippen LogP contribution in [-0.2, 0) is 9.84 Å². The summed E-state index contributed by atoms with van der Waals surface area (Å²) in [5.41, 5.74) is 5.71. The average Bonchev–Trinajstić information content (AvgIpc) is 3.68. The van der Waals surface area contributed by atoms with Crippen molar-refractivity contribution in [2.24, 2.45) is 0 Å². The van der Waals surface area contributed by atoms with Gasteiger partial charge >= 0.3 is 0 Å². The lowest BCUT2D eigenvalue weighted by atomic mass is 9.93. The second-order valence-corrected chi connectivity index (χ2v) is 12.9. The van der Waals surface area contributed by atoms with Crippen LogP contribution in [0.15, 0.2) is 47.5 Å². The van der Waals surface area contributed by atoms with E-state index in [4.69, 9.17) is 0 Å². The van der Waals surface area contributed by atoms with E-state index in [1.54, 1.807) is 18.2 Å². The van der Waals surface area contributed by atoms with Crippen molar-refractivity contribution in [3.05, 3.63) is 59.3 Å². The van der Waals surface area contributed by atoms with Gasteiger partial charge in [0.25, 0.3) is 5.91 Å². The lowest BCUT2D eigenvalue weighted by Crippen LogP contribution is -2.43. The number of nitrogens with zero attached hydrogens (tertiary/aromatic N) is 2. The van der Waals surface area contributed by atoms with Gasteiger partial charge in [0.15, 0.2) is 9.84 Å². The standard InChI is InChI=1S/C29H32N4O3S/c1-17-13-25-26-24(19-5-4-6-22(14-19)37(35,36)21-7-8-21)15-23(18(2)27(26)32-28(25)30-16-17)29(34)31-20-9-11-33(3)12-10-20/h4-6,13-16,20-21H,7-12H2,1-3H3,(H,30,32)(H,31,34). The van der Waals surface area contributed by atoms with Gasteiger partial charge < -0.3 is 15.2 Å². The van der Waals surface area contributed by atoms with Crippen molar-refractivity contribution in [2.45, 2.75) is 55.7 Å². The van der Waals surface area contributed by atoms with Gasteiger partial charge in [0, 0.05) is 28.6 Å². The SMILES string of the molecule is Cc1cnc2[nH]c3c(C)c(C(=O)NC4CCN(C)CC4)cc(-c4cccc(S(=O)(=O)C5CC5)c4)c3c2c1. The molecule has 8 heteroatoms. The summed E-state index contributed by atoms with van der Waals surface area (Å²) in [7, 11) is -1.24. The van der Waals surface area contributed by atoms with Crippen LogP contribution in [0.5, 0.6) is 0 Å². The number of H-pyrrole nitrogens is 1. The summed E-state index contributed by atoms with van der Waals surface area (Å²) in [6, 6.07) is 11.3. The number of piperidine rings is 1. The van der Waals surface area contributed by atoms with Gasteiger partial charge in [0.1, 0.15) is 5.65 Å². The third-order valence-corrected chi connectivity index (χ3v) is 10.1. The molecule has 2 fully saturated rings. The van der Waals surface area contributed by atoms with Crippen molar-refractivity contribution >= 4 is 37.7 Å². The summed E-state index contributed by atoms with van der Waals surface area (Å²) >= 11 is 0. The zero-order valence-corrected chi connectivity index (χ0v) is 22.3. The molecule has 2 aliphatic rings. The molecule has 0 radical (unpaired) electrons. The molecular weight excluding hydrogens is 484 g/mol. The number of carbonyl (C=O) groups is 1. The molecular formula is C29H32N4O3S. The van der Waals surface area contributed by atoms with Gasteiger partial charge in [-0.1, -0.05) is 12.1 Å². The Balaban J connectivity index is 1.52. The molecule has 1 aliphatic carbocycles. The first kappa shape index (κ1) is 24.1. The van der Waals surface area contributed by atoms with E-state index in [0.29, 0.717) is 10.5 Å². The number of aromatic nitrogens is 2. The van der Waals surface area contributed by atoms with Crippen molar-refractivity contribution < 1.29 is 13.2 Å². The fourth-order valence-electron chi connectivity index (χ4n) is 5.49. The quantitative estimate of drug-likeness (QED) is 0.399. The molecule has 1 saturated carbocycles. The first-order chi connectivity index (χ1) is 17.7. The second-order valence-electron chi connectivity index (χ2n) is 10.7. The van der Waals surface area contributed by atoms with E-state index in [0.717, 1.165) is 83.0 Å². The van der Waals surface area contributed by atoms with Gasteiger partial charge in [-0.15, -0.1) is 0 Å². The summed E-state index contributed by atoms with van der Waals surface area (Å²) in [6.07, 6.45) is 5.11. The van der Waals surface area contributed by atoms with E-state index in [1.165, 1.54) is 0 Å². The van der Waals surface area contributed by atoms with Crippen LogP contribution in [0.3, 0.4) is 0 Å². The smallest absolute Gasteiger partial charge is 0.251 e. The maximum atomic E-state index is 13.6. The third-order valence-electron chi connectivity index (χ3n) is 7.86. The Labute approximate surface area is 217 Å². The number of benzene rings is 2. The maximum absolute atomic E-state index is 13.6. The van der Waals surface area contributed by atoms with Gasteiger partial charge in [0.05, 0.1) is 15.7 Å². The fourth-order valence-corrected chi connectivity index (χ4v) is 7.19. The molecule has 1 amide bonds. The largest absolute Gasteiger partial charge is 0.349 e. The fraction of sp³-hybridized carbons (Fsp3) is 0.379. The molecule has 6 rings (SSSR count). The van der Waals surface area contributed by atoms with E-state index < -0.39 is 9.84 Å². The highest BCUT2D eigenvalue weighted by Crippen LogP contribution is 2.40. The van der Waals surface area contributed by atoms with Crippen molar-refractivity contribution in [1.29, 1.82) is 0 Å². The van der Waals surface area contributed by atoms with Crippen LogP contribution in [0.1, 0.15) is 47.2 Å². The van der Waals surface area contributed by atoms with Crippen LogP contribution >= 0.6 is 0 Å². The van der Waals surface area contributed by atoms with Crippen LogP contribution in [0, 0.1) is 13.8 Å². The number of aromatic amines is 1. The Morgan fingerprint density at radius 3 is 2.57 bits per heavy atom. The molecule has 1 saturated heterocycles. The van der Waals surface area contributed by atoms with Gasteiger partial charge in [0.2, 0.25) is 0 Å². The molecule has 0 spiro atoms. The molecule has 2 aromatic carbocycles. The zero-order valence-electron chi connectivity index (χ0n) is 21.5. The molecule has 4 aromatic rings. The molecule has 2 aromatic heterocycles. The highest BCUT2D eigenvalue weighted by molar-refractivity contribution is 7.92. The number of amides is 1. The molecule has 2 N–H and O–H groups in total. The summed E-state index contributed by atoms with van der Waals surface area (Å²) in [6.45, 7) is 5.89. The van der Waals surface area contributed by atoms with Gasteiger partial charge in [-0.2, -0.15) is 0 Å². The van der Waals surface area contributed by atoms with Crippen molar-refractivity contribution in [3.63, 3.8) is 0 Å². The number of hydrogen-bond donors (Lipinski definition) is 2. The Morgan fingerprint density at radius 1 is 1.08 bits per heavy atom. The molecule has 3 heterocycles. The van der Waals surface area contributed by atoms with E-state index in [9.17, 15) is 13.2 Å². The topological polar surface area (TPSA) is 95.2 Å². The Morgan fingerprint density at radius 2 is 1.84 bits per heavy atom. The van der Waals surface area contributed by atoms with Crippen LogP contribution in [0.2, 0.25) is 0 Å². The minimum Gasteiger partial charge on any atom is -0.349 e. The van der Waals surface area contributed by atoms with Crippen LogP contribution in [-0.4, -0.2) is 60.6 Å². The molecule has 0 atom stereocenters. The first-order valence-corrected chi connectivity index (χ1v) is 14.5. The highest BCUT2D eigenvalue weighted by atomic mass is 32.2. The van der Waals surface area contributed by atoms with E-state index in [1.807, 2.05) is 32.2 Å². The van der Waals surface area contributed by atoms with Crippen molar-refractivity contribution in [1.82, 2.24) is 20.2 Å². The van der Waals surface area contributed by atoms with E-state index >= 15 is 0 Å². The number of carbonyl (C=O) groups excluding carboxylic acids is 1. The highest BCUT2D eigenvalue weighted by Gasteiger charge is 2.37. The Hall–Kier alpha value is -3.23. The predicted molar refractivity (Wildman–Crippen MR) is 147 cm³/mol. The number of aryl methyl sites for hydroxylation is 2. The van der Waals surface area contributed by atoms with E-state index in [-0.39, 0.29) is 17.2 Å². The molecule has 37 heavy (non-hydrogen) atoms. The van der Waals surface area contributed by atoms with Crippen LogP contribution in [0.25, 0.3) is 33.1 Å². The third kappa shape index (κ3) is 4.32. The van der Waals surface area contributed by atoms with Crippen molar-refractivity contribution in [2.75, 3.05) is 20.1 Å². The number of sulfone groups is 1. The minimum atomic E-state index is -3.35. The summed E-state index contributed by atoms with van der Waals surface area (Å²) < 4.78 is 26.1. The van der Waals surface area contributed by atoms with Gasteiger partial charge in [-0.05, 0) is 106 Å². The number of hydrogen-bond acceptors (Lipinski definition) is 5. The molecule has 192 valence electrons. The normalized spacial score (nSPS) is 17.5. The summed E-state index contributed by atoms with van der Waals surface area (Å²) in [5.74, 6) is -0.0974. The minimum absolute atomic E-state index is 0.0974. The summed E-state index contributed by atoms with van der Waals surface area (Å²) in [5, 5.41) is 4.89. The van der Waals surface area contributed by atoms with Crippen LogP contribution < -0.4 is 5.32 Å². The average molecular weight is 517 g/mol. The Bertz CT molecular complexity index is 1640. The molecule has 0 bridgehead atoms. The van der Waals surface area contributed by atoms with E-state index in [2.05, 4.69) is 33.3 Å². The van der Waals surface area contributed by atoms with Gasteiger partial charge in [-0.3, -0.25) is 4.79 Å². The second kappa shape index (κ2) is 8.96. The summed E-state index contributed by atoms with van der Waals surface area (Å²) in [4.78, 5) is 24.3. The number of pyridine rings is 1. The molecule has 7 nitrogen and oxygen atoms in total. The number of rotatable bonds is 5. The number of nitrogens with one attached hydrogen (secondary N) is 2.